The van der Waals surface area contributed by atoms with Gasteiger partial charge in [0.05, 0.1) is 22.3 Å². The molecule has 0 bridgehead atoms. The summed E-state index contributed by atoms with van der Waals surface area (Å²) >= 11 is 0. The number of piperidine rings is 1. The van der Waals surface area contributed by atoms with Crippen molar-refractivity contribution in [3.63, 3.8) is 0 Å². The van der Waals surface area contributed by atoms with Gasteiger partial charge >= 0.3 is 0 Å². The molecular weight excluding hydrogens is 376 g/mol. The molecule has 0 saturated carbocycles. The fourth-order valence-electron chi connectivity index (χ4n) is 3.42. The Morgan fingerprint density at radius 3 is 2.61 bits per heavy atom. The molecule has 1 saturated heterocycles. The zero-order valence-electron chi connectivity index (χ0n) is 15.5. The van der Waals surface area contributed by atoms with Crippen molar-refractivity contribution in [2.24, 2.45) is 0 Å². The molecule has 3 aromatic rings. The van der Waals surface area contributed by atoms with Gasteiger partial charge in [-0.05, 0) is 48.7 Å². The number of rotatable bonds is 5. The van der Waals surface area contributed by atoms with Gasteiger partial charge in [-0.25, -0.2) is 9.29 Å². The molecule has 1 amide bonds. The lowest BCUT2D eigenvalue weighted by atomic mass is 10.1. The fourth-order valence-corrected chi connectivity index (χ4v) is 4.99. The monoisotopic (exact) mass is 400 g/mol. The smallest absolute Gasteiger partial charge is 0.251 e. The number of H-pyrrole nitrogens is 1. The second-order valence-electron chi connectivity index (χ2n) is 6.97. The quantitative estimate of drug-likeness (QED) is 0.518. The van der Waals surface area contributed by atoms with Crippen LogP contribution in [0.1, 0.15) is 35.2 Å². The average Bonchev–Trinajstić information content (AvgIpc) is 3.21. The van der Waals surface area contributed by atoms with Gasteiger partial charge in [0.25, 0.3) is 5.91 Å². The number of amides is 1. The minimum Gasteiger partial charge on any atom is -0.348 e. The van der Waals surface area contributed by atoms with Crippen molar-refractivity contribution >= 4 is 27.7 Å². The summed E-state index contributed by atoms with van der Waals surface area (Å²) in [6.45, 7) is 1.78. The zero-order valence-corrected chi connectivity index (χ0v) is 16.3. The minimum absolute atomic E-state index is 0.168. The van der Waals surface area contributed by atoms with E-state index in [1.54, 1.807) is 41.0 Å². The van der Waals surface area contributed by atoms with Crippen molar-refractivity contribution in [1.82, 2.24) is 19.6 Å². The van der Waals surface area contributed by atoms with Crippen LogP contribution >= 0.6 is 10.8 Å². The number of hydrogen-bond donors (Lipinski definition) is 4. The Kier molecular flexibility index (Phi) is 5.36. The predicted octanol–water partition coefficient (Wildman–Crippen LogP) is 4.00. The topological polar surface area (TPSA) is 101 Å². The van der Waals surface area contributed by atoms with Gasteiger partial charge in [-0.1, -0.05) is 18.6 Å². The summed E-state index contributed by atoms with van der Waals surface area (Å²) in [5.74, 6) is -0.168. The molecule has 2 heterocycles. The van der Waals surface area contributed by atoms with E-state index >= 15 is 0 Å². The maximum absolute atomic E-state index is 12.4. The highest BCUT2D eigenvalue weighted by Crippen LogP contribution is 2.52. The summed E-state index contributed by atoms with van der Waals surface area (Å²) in [4.78, 5) is 20.1. The molecule has 1 aliphatic heterocycles. The molecule has 0 aliphatic carbocycles. The van der Waals surface area contributed by atoms with Crippen LogP contribution in [0.25, 0.3) is 11.0 Å². The van der Waals surface area contributed by atoms with Gasteiger partial charge in [-0.3, -0.25) is 13.9 Å². The van der Waals surface area contributed by atoms with Crippen LogP contribution < -0.4 is 5.32 Å². The maximum Gasteiger partial charge on any atom is 0.251 e. The first-order valence-corrected chi connectivity index (χ1v) is 10.9. The molecule has 0 radical (unpaired) electrons. The number of aromatic amines is 1. The van der Waals surface area contributed by atoms with Gasteiger partial charge in [0, 0.05) is 25.2 Å². The average molecular weight is 401 g/mol. The summed E-state index contributed by atoms with van der Waals surface area (Å²) in [5, 5.41) is 2.89. The number of fused-ring (bicyclic) bond motifs is 1. The molecule has 0 spiro atoms. The number of nitrogens with zero attached hydrogens (tertiary/aromatic N) is 2. The van der Waals surface area contributed by atoms with Crippen LogP contribution in [0.3, 0.4) is 0 Å². The highest BCUT2D eigenvalue weighted by atomic mass is 32.3. The lowest BCUT2D eigenvalue weighted by Crippen LogP contribution is -2.32. The van der Waals surface area contributed by atoms with E-state index in [1.807, 2.05) is 12.1 Å². The van der Waals surface area contributed by atoms with Crippen molar-refractivity contribution in [2.45, 2.75) is 30.7 Å². The Morgan fingerprint density at radius 2 is 1.86 bits per heavy atom. The summed E-state index contributed by atoms with van der Waals surface area (Å²) in [6, 6.07) is 12.5. The standard InChI is InChI=1S/C20H24N4O3S/c25-20(16-6-9-18-19(12-16)23-14-22-18)21-13-15-4-7-17(8-5-15)28(26,27)24-10-2-1-3-11-24/h4-9,12,14,26-27H,1-3,10-11,13H2,(H,21,25)(H,22,23). The molecule has 8 heteroatoms. The van der Waals surface area contributed by atoms with Gasteiger partial charge in [-0.15, -0.1) is 10.8 Å². The van der Waals surface area contributed by atoms with E-state index in [9.17, 15) is 13.9 Å². The van der Waals surface area contributed by atoms with Crippen LogP contribution in [0.4, 0.5) is 0 Å². The van der Waals surface area contributed by atoms with Crippen molar-refractivity contribution in [2.75, 3.05) is 13.1 Å². The SMILES string of the molecule is O=C(NCc1ccc(S(O)(O)N2CCCCC2)cc1)c1ccc2nc[nH]c2c1. The molecule has 148 valence electrons. The highest BCUT2D eigenvalue weighted by molar-refractivity contribution is 8.22. The molecule has 2 aromatic carbocycles. The Bertz CT molecular complexity index is 965. The summed E-state index contributed by atoms with van der Waals surface area (Å²) in [5.41, 5.74) is 3.10. The molecule has 1 fully saturated rings. The van der Waals surface area contributed by atoms with E-state index in [2.05, 4.69) is 15.3 Å². The number of hydrogen-bond acceptors (Lipinski definition) is 5. The first-order valence-electron chi connectivity index (χ1n) is 9.38. The summed E-state index contributed by atoms with van der Waals surface area (Å²) in [7, 11) is -2.93. The van der Waals surface area contributed by atoms with Crippen LogP contribution in [-0.2, 0) is 6.54 Å². The molecule has 7 nitrogen and oxygen atoms in total. The molecule has 1 aliphatic rings. The van der Waals surface area contributed by atoms with E-state index < -0.39 is 10.8 Å². The molecule has 28 heavy (non-hydrogen) atoms. The zero-order chi connectivity index (χ0) is 19.6. The van der Waals surface area contributed by atoms with E-state index in [0.29, 0.717) is 30.1 Å². The fraction of sp³-hybridized carbons (Fsp3) is 0.300. The predicted molar refractivity (Wildman–Crippen MR) is 110 cm³/mol. The third-order valence-corrected chi connectivity index (χ3v) is 7.04. The third kappa shape index (κ3) is 3.90. The third-order valence-electron chi connectivity index (χ3n) is 5.05. The Labute approximate surface area is 165 Å². The number of benzene rings is 2. The first kappa shape index (κ1) is 18.9. The lowest BCUT2D eigenvalue weighted by Gasteiger charge is -2.44. The van der Waals surface area contributed by atoms with Gasteiger partial charge in [0.2, 0.25) is 0 Å². The van der Waals surface area contributed by atoms with E-state index in [1.165, 1.54) is 0 Å². The van der Waals surface area contributed by atoms with E-state index in [0.717, 1.165) is 35.9 Å². The molecule has 0 unspecified atom stereocenters. The number of aromatic nitrogens is 2. The number of carbonyl (C=O) groups is 1. The number of imidazole rings is 1. The summed E-state index contributed by atoms with van der Waals surface area (Å²) < 4.78 is 23.0. The highest BCUT2D eigenvalue weighted by Gasteiger charge is 2.26. The molecular formula is C20H24N4O3S. The van der Waals surface area contributed by atoms with Gasteiger partial charge in [-0.2, -0.15) is 0 Å². The van der Waals surface area contributed by atoms with Gasteiger partial charge < -0.3 is 10.3 Å². The molecule has 0 atom stereocenters. The normalized spacial score (nSPS) is 16.2. The van der Waals surface area contributed by atoms with Crippen LogP contribution in [-0.4, -0.2) is 42.4 Å². The molecule has 4 rings (SSSR count). The number of nitrogens with one attached hydrogen (secondary N) is 2. The summed E-state index contributed by atoms with van der Waals surface area (Å²) in [6.07, 6.45) is 4.72. The second kappa shape index (κ2) is 7.92. The maximum atomic E-state index is 12.4. The van der Waals surface area contributed by atoms with Crippen molar-refractivity contribution in [3.8, 4) is 0 Å². The number of carbonyl (C=O) groups excluding carboxylic acids is 1. The Balaban J connectivity index is 1.39. The second-order valence-corrected chi connectivity index (χ2v) is 9.00. The molecule has 1 aromatic heterocycles. The van der Waals surface area contributed by atoms with E-state index in [4.69, 9.17) is 0 Å². The van der Waals surface area contributed by atoms with E-state index in [-0.39, 0.29) is 5.91 Å². The van der Waals surface area contributed by atoms with Crippen LogP contribution in [0.15, 0.2) is 53.7 Å². The Morgan fingerprint density at radius 1 is 1.11 bits per heavy atom. The first-order chi connectivity index (χ1) is 13.5. The van der Waals surface area contributed by atoms with Crippen molar-refractivity contribution < 1.29 is 13.9 Å². The minimum atomic E-state index is -2.93. The largest absolute Gasteiger partial charge is 0.348 e. The van der Waals surface area contributed by atoms with Crippen molar-refractivity contribution in [1.29, 1.82) is 0 Å². The molecule has 4 N–H and O–H groups in total. The van der Waals surface area contributed by atoms with Gasteiger partial charge in [0.15, 0.2) is 0 Å². The van der Waals surface area contributed by atoms with Gasteiger partial charge in [0.1, 0.15) is 0 Å². The van der Waals surface area contributed by atoms with Crippen LogP contribution in [0, 0.1) is 0 Å². The van der Waals surface area contributed by atoms with Crippen molar-refractivity contribution in [3.05, 3.63) is 59.9 Å². The van der Waals surface area contributed by atoms with Crippen LogP contribution in [0.5, 0.6) is 0 Å². The van der Waals surface area contributed by atoms with Crippen LogP contribution in [0.2, 0.25) is 0 Å². The lowest BCUT2D eigenvalue weighted by molar-refractivity contribution is 0.0951. The Hall–Kier alpha value is -2.39.